The Balaban J connectivity index is 2.22. The smallest absolute Gasteiger partial charge is 0.261 e. The molecule has 3 atom stereocenters. The van der Waals surface area contributed by atoms with E-state index in [4.69, 9.17) is 30.4 Å². The Morgan fingerprint density at radius 2 is 1.91 bits per heavy atom. The van der Waals surface area contributed by atoms with E-state index in [0.717, 1.165) is 0 Å². The zero-order valence-electron chi connectivity index (χ0n) is 20.2. The number of nitrogens with zero attached hydrogens (tertiary/aromatic N) is 1. The first-order valence-corrected chi connectivity index (χ1v) is 12.3. The van der Waals surface area contributed by atoms with Gasteiger partial charge in [0.2, 0.25) is 5.91 Å². The van der Waals surface area contributed by atoms with Crippen molar-refractivity contribution in [1.82, 2.24) is 4.72 Å². The number of amides is 2. The maximum Gasteiger partial charge on any atom is 0.261 e. The minimum atomic E-state index is -2.57. The highest BCUT2D eigenvalue weighted by atomic mass is 35.5. The number of hydrogen-bond donors (Lipinski definition) is 2. The Bertz CT molecular complexity index is 1140. The zero-order chi connectivity index (χ0) is 25.9. The van der Waals surface area contributed by atoms with Crippen molar-refractivity contribution in [2.24, 2.45) is 5.41 Å². The van der Waals surface area contributed by atoms with Crippen molar-refractivity contribution in [3.63, 3.8) is 0 Å². The molecular formula is C24H29ClN2O7S. The average molecular weight is 525 g/mol. The molecule has 2 aromatic carbocycles. The maximum absolute atomic E-state index is 13.7. The van der Waals surface area contributed by atoms with Crippen LogP contribution in [0.15, 0.2) is 36.4 Å². The molecule has 0 aliphatic carbocycles. The van der Waals surface area contributed by atoms with Gasteiger partial charge in [0.15, 0.2) is 11.5 Å². The quantitative estimate of drug-likeness (QED) is 0.528. The van der Waals surface area contributed by atoms with Gasteiger partial charge in [0, 0.05) is 28.4 Å². The third kappa shape index (κ3) is 6.32. The minimum Gasteiger partial charge on any atom is -0.493 e. The van der Waals surface area contributed by atoms with Gasteiger partial charge in [-0.05, 0) is 29.7 Å². The summed E-state index contributed by atoms with van der Waals surface area (Å²) in [4.78, 5) is 27.7. The second-order valence-electron chi connectivity index (χ2n) is 9.25. The van der Waals surface area contributed by atoms with Crippen LogP contribution in [0.3, 0.4) is 0 Å². The number of carbonyl (C=O) groups is 2. The Labute approximate surface area is 212 Å². The number of nitrogens with one attached hydrogen (secondary N) is 1. The molecule has 3 rings (SSSR count). The van der Waals surface area contributed by atoms with E-state index in [1.165, 1.54) is 14.2 Å². The number of ether oxygens (including phenoxy) is 3. The first-order chi connectivity index (χ1) is 16.4. The van der Waals surface area contributed by atoms with E-state index in [1.54, 1.807) is 41.3 Å². The number of para-hydroxylation sites is 1. The number of hydrogen-bond acceptors (Lipinski definition) is 6. The summed E-state index contributed by atoms with van der Waals surface area (Å²) in [5.74, 6) is -0.390. The number of rotatable bonds is 7. The fraction of sp³-hybridized carbons (Fsp3) is 0.417. The molecule has 2 N–H and O–H groups in total. The molecule has 9 nitrogen and oxygen atoms in total. The molecule has 0 bridgehead atoms. The van der Waals surface area contributed by atoms with Gasteiger partial charge in [0.1, 0.15) is 12.2 Å². The van der Waals surface area contributed by atoms with Gasteiger partial charge < -0.3 is 19.1 Å². The Hall–Kier alpha value is -2.66. The molecule has 0 radical (unpaired) electrons. The number of halogens is 1. The molecular weight excluding hydrogens is 496 g/mol. The van der Waals surface area contributed by atoms with Crippen molar-refractivity contribution in [3.05, 3.63) is 52.5 Å². The molecule has 2 amide bonds. The Kier molecular flexibility index (Phi) is 8.42. The van der Waals surface area contributed by atoms with Gasteiger partial charge in [-0.1, -0.05) is 44.5 Å². The predicted molar refractivity (Wildman–Crippen MR) is 133 cm³/mol. The van der Waals surface area contributed by atoms with Crippen LogP contribution in [0.5, 0.6) is 11.5 Å². The van der Waals surface area contributed by atoms with Crippen LogP contribution in [-0.4, -0.2) is 47.4 Å². The highest BCUT2D eigenvalue weighted by molar-refractivity contribution is 7.77. The lowest BCUT2D eigenvalue weighted by Gasteiger charge is -2.31. The highest BCUT2D eigenvalue weighted by Crippen LogP contribution is 2.45. The molecule has 2 aromatic rings. The first kappa shape index (κ1) is 26.9. The van der Waals surface area contributed by atoms with Crippen molar-refractivity contribution >= 4 is 40.4 Å². The maximum atomic E-state index is 13.7. The average Bonchev–Trinajstić information content (AvgIpc) is 2.87. The molecule has 35 heavy (non-hydrogen) atoms. The third-order valence-corrected chi connectivity index (χ3v) is 5.96. The lowest BCUT2D eigenvalue weighted by Crippen LogP contribution is -2.45. The zero-order valence-corrected chi connectivity index (χ0v) is 21.7. The molecule has 0 saturated carbocycles. The van der Waals surface area contributed by atoms with Crippen LogP contribution in [-0.2, 0) is 25.6 Å². The molecule has 11 heteroatoms. The van der Waals surface area contributed by atoms with E-state index < -0.39 is 41.7 Å². The summed E-state index contributed by atoms with van der Waals surface area (Å²) >= 11 is 3.80. The Morgan fingerprint density at radius 1 is 1.20 bits per heavy atom. The van der Waals surface area contributed by atoms with E-state index in [9.17, 15) is 13.8 Å². The summed E-state index contributed by atoms with van der Waals surface area (Å²) in [6.45, 7) is 6.29. The van der Waals surface area contributed by atoms with Gasteiger partial charge in [0.05, 0.1) is 20.6 Å². The van der Waals surface area contributed by atoms with Crippen molar-refractivity contribution < 1.29 is 32.6 Å². The topological polar surface area (TPSA) is 114 Å². The van der Waals surface area contributed by atoms with Gasteiger partial charge >= 0.3 is 0 Å². The van der Waals surface area contributed by atoms with E-state index in [-0.39, 0.29) is 5.41 Å². The normalized spacial score (nSPS) is 18.9. The summed E-state index contributed by atoms with van der Waals surface area (Å²) in [6, 6.07) is 10.4. The molecule has 0 spiro atoms. The SMILES string of the molecule is COc1cccc([C@H]2O[C@H](CC(=O)NS(=O)O)C(=O)N(CC(C)(C)C)c3ccc(Cl)cc32)c1OC. The monoisotopic (exact) mass is 524 g/mol. The van der Waals surface area contributed by atoms with Crippen LogP contribution in [0.1, 0.15) is 44.4 Å². The molecule has 0 fully saturated rings. The van der Waals surface area contributed by atoms with Crippen molar-refractivity contribution in [2.45, 2.75) is 39.4 Å². The molecule has 1 aliphatic heterocycles. The number of benzene rings is 2. The standard InChI is InChI=1S/C24H29ClN2O7S/c1-24(2,3)13-27-17-10-9-14(25)11-16(17)21(15-7-6-8-18(32-4)22(15)33-5)34-19(23(27)29)12-20(28)26-35(30)31/h6-11,19,21H,12-13H2,1-5H3,(H,26,28)(H,30,31)/t19-,21-/m1/s1. The van der Waals surface area contributed by atoms with Crippen LogP contribution in [0.25, 0.3) is 0 Å². The molecule has 1 aliphatic rings. The molecule has 0 aromatic heterocycles. The van der Waals surface area contributed by atoms with Gasteiger partial charge in [-0.15, -0.1) is 0 Å². The van der Waals surface area contributed by atoms with Crippen molar-refractivity contribution in [1.29, 1.82) is 0 Å². The molecule has 1 unspecified atom stereocenters. The number of fused-ring (bicyclic) bond motifs is 1. The second kappa shape index (κ2) is 10.9. The summed E-state index contributed by atoms with van der Waals surface area (Å²) in [5.41, 5.74) is 1.46. The van der Waals surface area contributed by atoms with Crippen LogP contribution in [0, 0.1) is 5.41 Å². The third-order valence-electron chi connectivity index (χ3n) is 5.32. The lowest BCUT2D eigenvalue weighted by atomic mass is 9.94. The van der Waals surface area contributed by atoms with E-state index >= 15 is 0 Å². The summed E-state index contributed by atoms with van der Waals surface area (Å²) in [6.07, 6.45) is -2.58. The van der Waals surface area contributed by atoms with Gasteiger partial charge in [-0.3, -0.25) is 18.9 Å². The van der Waals surface area contributed by atoms with E-state index in [1.807, 2.05) is 25.5 Å². The second-order valence-corrected chi connectivity index (χ2v) is 10.4. The fourth-order valence-corrected chi connectivity index (χ4v) is 4.47. The number of carbonyl (C=O) groups excluding carboxylic acids is 2. The summed E-state index contributed by atoms with van der Waals surface area (Å²) in [5, 5.41) is 0.439. The van der Waals surface area contributed by atoms with Gasteiger partial charge in [0.25, 0.3) is 17.2 Å². The summed E-state index contributed by atoms with van der Waals surface area (Å²) < 4.78 is 39.4. The number of methoxy groups -OCH3 is 2. The van der Waals surface area contributed by atoms with Gasteiger partial charge in [-0.2, -0.15) is 0 Å². The first-order valence-electron chi connectivity index (χ1n) is 10.8. The van der Waals surface area contributed by atoms with Crippen LogP contribution in [0.2, 0.25) is 5.02 Å². The van der Waals surface area contributed by atoms with Crippen LogP contribution in [0.4, 0.5) is 5.69 Å². The fourth-order valence-electron chi connectivity index (χ4n) is 4.01. The summed E-state index contributed by atoms with van der Waals surface area (Å²) in [7, 11) is 3.01. The lowest BCUT2D eigenvalue weighted by molar-refractivity contribution is -0.137. The van der Waals surface area contributed by atoms with Crippen LogP contribution >= 0.6 is 11.6 Å². The highest BCUT2D eigenvalue weighted by Gasteiger charge is 2.40. The van der Waals surface area contributed by atoms with E-state index in [2.05, 4.69) is 0 Å². The number of anilines is 1. The van der Waals surface area contributed by atoms with E-state index in [0.29, 0.717) is 39.9 Å². The Morgan fingerprint density at radius 3 is 2.51 bits per heavy atom. The minimum absolute atomic E-state index is 0.292. The largest absolute Gasteiger partial charge is 0.493 e. The van der Waals surface area contributed by atoms with Crippen molar-refractivity contribution in [2.75, 3.05) is 25.7 Å². The van der Waals surface area contributed by atoms with Crippen LogP contribution < -0.4 is 19.1 Å². The molecule has 0 saturated heterocycles. The molecule has 1 heterocycles. The molecule has 190 valence electrons. The van der Waals surface area contributed by atoms with Crippen molar-refractivity contribution in [3.8, 4) is 11.5 Å². The van der Waals surface area contributed by atoms with Gasteiger partial charge in [-0.25, -0.2) is 4.21 Å². The predicted octanol–water partition coefficient (Wildman–Crippen LogP) is 3.87.